The van der Waals surface area contributed by atoms with Crippen molar-refractivity contribution in [3.63, 3.8) is 0 Å². The number of aromatic nitrogens is 2. The zero-order valence-corrected chi connectivity index (χ0v) is 16.6. The van der Waals surface area contributed by atoms with Crippen LogP contribution in [0, 0.1) is 6.92 Å². The Labute approximate surface area is 172 Å². The van der Waals surface area contributed by atoms with Gasteiger partial charge in [-0.3, -0.25) is 4.79 Å². The first-order valence-corrected chi connectivity index (χ1v) is 9.45. The molecule has 0 aliphatic carbocycles. The molecule has 0 spiro atoms. The van der Waals surface area contributed by atoms with Crippen LogP contribution in [0.25, 0.3) is 5.69 Å². The molecule has 158 valence electrons. The molecule has 0 aliphatic heterocycles. The number of alkyl halides is 3. The Morgan fingerprint density at radius 1 is 1.17 bits per heavy atom. The molecule has 0 bridgehead atoms. The Bertz CT molecular complexity index is 1000. The molecule has 3 aromatic rings. The van der Waals surface area contributed by atoms with Gasteiger partial charge in [0, 0.05) is 11.3 Å². The molecule has 8 heteroatoms. The van der Waals surface area contributed by atoms with E-state index < -0.39 is 11.7 Å². The SMILES string of the molecule is Cc1c([C@H](C)NC(=O)CCOc2ccccc2)cnn1-c1cccc(C(F)(F)F)c1. The number of benzene rings is 2. The van der Waals surface area contributed by atoms with Gasteiger partial charge in [0.15, 0.2) is 0 Å². The minimum absolute atomic E-state index is 0.181. The van der Waals surface area contributed by atoms with E-state index >= 15 is 0 Å². The summed E-state index contributed by atoms with van der Waals surface area (Å²) in [5, 5.41) is 7.08. The average molecular weight is 417 g/mol. The third-order valence-electron chi connectivity index (χ3n) is 4.65. The van der Waals surface area contributed by atoms with Gasteiger partial charge in [-0.2, -0.15) is 18.3 Å². The maximum Gasteiger partial charge on any atom is 0.416 e. The predicted octanol–water partition coefficient (Wildman–Crippen LogP) is 4.85. The zero-order chi connectivity index (χ0) is 21.7. The first kappa shape index (κ1) is 21.4. The van der Waals surface area contributed by atoms with E-state index in [9.17, 15) is 18.0 Å². The lowest BCUT2D eigenvalue weighted by atomic mass is 10.1. The monoisotopic (exact) mass is 417 g/mol. The van der Waals surface area contributed by atoms with Gasteiger partial charge in [-0.15, -0.1) is 0 Å². The minimum Gasteiger partial charge on any atom is -0.493 e. The fourth-order valence-corrected chi connectivity index (χ4v) is 3.09. The topological polar surface area (TPSA) is 56.1 Å². The summed E-state index contributed by atoms with van der Waals surface area (Å²) >= 11 is 0. The van der Waals surface area contributed by atoms with Gasteiger partial charge in [0.1, 0.15) is 5.75 Å². The summed E-state index contributed by atoms with van der Waals surface area (Å²) in [5.41, 5.74) is 0.951. The van der Waals surface area contributed by atoms with E-state index in [0.717, 1.165) is 17.7 Å². The van der Waals surface area contributed by atoms with E-state index in [1.807, 2.05) is 30.3 Å². The van der Waals surface area contributed by atoms with Crippen molar-refractivity contribution in [2.24, 2.45) is 0 Å². The molecule has 0 aliphatic rings. The summed E-state index contributed by atoms with van der Waals surface area (Å²) in [6, 6.07) is 13.8. The number of hydrogen-bond acceptors (Lipinski definition) is 3. The van der Waals surface area contributed by atoms with Gasteiger partial charge in [0.2, 0.25) is 5.91 Å². The molecule has 1 N–H and O–H groups in total. The fourth-order valence-electron chi connectivity index (χ4n) is 3.09. The second-order valence-corrected chi connectivity index (χ2v) is 6.85. The number of carbonyl (C=O) groups excluding carboxylic acids is 1. The van der Waals surface area contributed by atoms with Crippen LogP contribution in [0.15, 0.2) is 60.8 Å². The number of rotatable bonds is 7. The number of nitrogens with one attached hydrogen (secondary N) is 1. The highest BCUT2D eigenvalue weighted by molar-refractivity contribution is 5.76. The highest BCUT2D eigenvalue weighted by atomic mass is 19.4. The van der Waals surface area contributed by atoms with Crippen LogP contribution in [0.3, 0.4) is 0 Å². The molecule has 0 saturated heterocycles. The Morgan fingerprint density at radius 2 is 1.90 bits per heavy atom. The van der Waals surface area contributed by atoms with Gasteiger partial charge in [-0.05, 0) is 44.2 Å². The van der Waals surface area contributed by atoms with E-state index in [1.165, 1.54) is 10.7 Å². The van der Waals surface area contributed by atoms with Crippen LogP contribution in [0.5, 0.6) is 5.75 Å². The molecule has 1 heterocycles. The predicted molar refractivity (Wildman–Crippen MR) is 106 cm³/mol. The van der Waals surface area contributed by atoms with Crippen LogP contribution >= 0.6 is 0 Å². The maximum absolute atomic E-state index is 13.0. The molecule has 1 aromatic heterocycles. The van der Waals surface area contributed by atoms with E-state index in [1.54, 1.807) is 26.1 Å². The number of nitrogens with zero attached hydrogens (tertiary/aromatic N) is 2. The molecule has 5 nitrogen and oxygen atoms in total. The lowest BCUT2D eigenvalue weighted by Gasteiger charge is -2.15. The second-order valence-electron chi connectivity index (χ2n) is 6.85. The molecule has 0 unspecified atom stereocenters. The van der Waals surface area contributed by atoms with Crippen molar-refractivity contribution in [3.05, 3.63) is 77.6 Å². The molecule has 1 amide bonds. The lowest BCUT2D eigenvalue weighted by Crippen LogP contribution is -2.28. The van der Waals surface area contributed by atoms with Crippen molar-refractivity contribution >= 4 is 5.91 Å². The quantitative estimate of drug-likeness (QED) is 0.598. The summed E-state index contributed by atoms with van der Waals surface area (Å²) in [7, 11) is 0. The molecule has 30 heavy (non-hydrogen) atoms. The number of carbonyl (C=O) groups is 1. The molecule has 0 radical (unpaired) electrons. The standard InChI is InChI=1S/C22H22F3N3O2/c1-15(27-21(29)11-12-30-19-9-4-3-5-10-19)20-14-26-28(16(20)2)18-8-6-7-17(13-18)22(23,24)25/h3-10,13-15H,11-12H2,1-2H3,(H,27,29)/t15-/m0/s1. The van der Waals surface area contributed by atoms with Crippen molar-refractivity contribution in [1.29, 1.82) is 0 Å². The van der Waals surface area contributed by atoms with Crippen molar-refractivity contribution in [2.75, 3.05) is 6.61 Å². The van der Waals surface area contributed by atoms with E-state index in [2.05, 4.69) is 10.4 Å². The van der Waals surface area contributed by atoms with Gasteiger partial charge >= 0.3 is 6.18 Å². The van der Waals surface area contributed by atoms with Crippen molar-refractivity contribution in [1.82, 2.24) is 15.1 Å². The Balaban J connectivity index is 1.63. The largest absolute Gasteiger partial charge is 0.493 e. The minimum atomic E-state index is -4.43. The van der Waals surface area contributed by atoms with Gasteiger partial charge in [-0.25, -0.2) is 4.68 Å². The number of ether oxygens (including phenoxy) is 1. The van der Waals surface area contributed by atoms with Gasteiger partial charge < -0.3 is 10.1 Å². The molecular formula is C22H22F3N3O2. The highest BCUT2D eigenvalue weighted by Gasteiger charge is 2.30. The van der Waals surface area contributed by atoms with Crippen LogP contribution in [-0.4, -0.2) is 22.3 Å². The number of para-hydroxylation sites is 1. The number of hydrogen-bond donors (Lipinski definition) is 1. The van der Waals surface area contributed by atoms with Gasteiger partial charge in [0.05, 0.1) is 36.5 Å². The molecule has 0 fully saturated rings. The maximum atomic E-state index is 13.0. The molecular weight excluding hydrogens is 395 g/mol. The summed E-state index contributed by atoms with van der Waals surface area (Å²) in [5.74, 6) is 0.501. The first-order chi connectivity index (χ1) is 14.3. The van der Waals surface area contributed by atoms with Crippen LogP contribution in [0.4, 0.5) is 13.2 Å². The average Bonchev–Trinajstić information content (AvgIpc) is 3.10. The van der Waals surface area contributed by atoms with Crippen molar-refractivity contribution in [3.8, 4) is 11.4 Å². The van der Waals surface area contributed by atoms with Gasteiger partial charge in [0.25, 0.3) is 0 Å². The third kappa shape index (κ3) is 5.20. The number of halogens is 3. The fraction of sp³-hybridized carbons (Fsp3) is 0.273. The Morgan fingerprint density at radius 3 is 2.60 bits per heavy atom. The normalized spacial score (nSPS) is 12.4. The molecule has 1 atom stereocenters. The van der Waals surface area contributed by atoms with E-state index in [4.69, 9.17) is 4.74 Å². The van der Waals surface area contributed by atoms with Crippen LogP contribution in [0.1, 0.15) is 36.2 Å². The molecule has 2 aromatic carbocycles. The van der Waals surface area contributed by atoms with E-state index in [0.29, 0.717) is 17.1 Å². The summed E-state index contributed by atoms with van der Waals surface area (Å²) < 4.78 is 45.9. The summed E-state index contributed by atoms with van der Waals surface area (Å²) in [6.07, 6.45) is -2.69. The van der Waals surface area contributed by atoms with Crippen molar-refractivity contribution in [2.45, 2.75) is 32.5 Å². The van der Waals surface area contributed by atoms with Crippen LogP contribution < -0.4 is 10.1 Å². The smallest absolute Gasteiger partial charge is 0.416 e. The Kier molecular flexibility index (Phi) is 6.44. The Hall–Kier alpha value is -3.29. The van der Waals surface area contributed by atoms with Gasteiger partial charge in [-0.1, -0.05) is 24.3 Å². The van der Waals surface area contributed by atoms with Crippen molar-refractivity contribution < 1.29 is 22.7 Å². The van der Waals surface area contributed by atoms with Crippen LogP contribution in [-0.2, 0) is 11.0 Å². The first-order valence-electron chi connectivity index (χ1n) is 9.45. The lowest BCUT2D eigenvalue weighted by molar-refractivity contribution is -0.137. The summed E-state index contributed by atoms with van der Waals surface area (Å²) in [4.78, 5) is 12.2. The molecule has 0 saturated carbocycles. The number of amides is 1. The third-order valence-corrected chi connectivity index (χ3v) is 4.65. The summed E-state index contributed by atoms with van der Waals surface area (Å²) in [6.45, 7) is 3.80. The highest BCUT2D eigenvalue weighted by Crippen LogP contribution is 2.31. The van der Waals surface area contributed by atoms with Crippen LogP contribution in [0.2, 0.25) is 0 Å². The second kappa shape index (κ2) is 9.02. The zero-order valence-electron chi connectivity index (χ0n) is 16.6. The van der Waals surface area contributed by atoms with E-state index in [-0.39, 0.29) is 25.0 Å². The molecule has 3 rings (SSSR count).